The minimum absolute atomic E-state index is 0. The first-order valence-electron chi connectivity index (χ1n) is 16.4. The molecule has 49 heavy (non-hydrogen) atoms. The third kappa shape index (κ3) is 5.16. The van der Waals surface area contributed by atoms with Gasteiger partial charge in [0.25, 0.3) is 0 Å². The molecule has 1 aliphatic carbocycles. The van der Waals surface area contributed by atoms with Crippen LogP contribution < -0.4 is 4.74 Å². The Kier molecular flexibility index (Phi) is 7.99. The summed E-state index contributed by atoms with van der Waals surface area (Å²) in [5.41, 5.74) is 12.5. The molecule has 0 N–H and O–H groups in total. The average Bonchev–Trinajstić information content (AvgIpc) is 3.69. The first-order chi connectivity index (χ1) is 23.1. The number of hydrogen-bond donors (Lipinski definition) is 0. The van der Waals surface area contributed by atoms with Crippen LogP contribution in [0.1, 0.15) is 71.4 Å². The second-order valence-corrected chi connectivity index (χ2v) is 13.8. The third-order valence-electron chi connectivity index (χ3n) is 9.68. The van der Waals surface area contributed by atoms with Crippen molar-refractivity contribution in [1.82, 2.24) is 24.1 Å². The van der Waals surface area contributed by atoms with Gasteiger partial charge < -0.3 is 9.14 Å². The Morgan fingerprint density at radius 3 is 2.12 bits per heavy atom. The molecule has 6 nitrogen and oxygen atoms in total. The van der Waals surface area contributed by atoms with E-state index in [-0.39, 0.29) is 26.5 Å². The van der Waals surface area contributed by atoms with Crippen LogP contribution in [0.25, 0.3) is 22.5 Å². The van der Waals surface area contributed by atoms with E-state index in [1.807, 2.05) is 36.9 Å². The predicted molar refractivity (Wildman–Crippen MR) is 189 cm³/mol. The van der Waals surface area contributed by atoms with Gasteiger partial charge in [0, 0.05) is 34.8 Å². The molecular weight excluding hydrogens is 786 g/mol. The van der Waals surface area contributed by atoms with Gasteiger partial charge in [-0.1, -0.05) is 75.5 Å². The van der Waals surface area contributed by atoms with Crippen LogP contribution in [0.5, 0.6) is 11.6 Å². The maximum Gasteiger partial charge on any atom is 2.00 e. The van der Waals surface area contributed by atoms with E-state index in [4.69, 9.17) is 14.8 Å². The Bertz CT molecular complexity index is 2330. The number of imidazole rings is 1. The molecule has 3 aromatic carbocycles. The van der Waals surface area contributed by atoms with Gasteiger partial charge in [-0.05, 0) is 78.7 Å². The van der Waals surface area contributed by atoms with E-state index in [2.05, 4.69) is 135 Å². The van der Waals surface area contributed by atoms with Gasteiger partial charge in [0.2, 0.25) is 5.88 Å². The molecule has 0 spiro atoms. The standard InChI is InChI=1S/C42H37N5O.Pt/c1-26-21-27(2)47(45-26)33-14-12-13-31(22-33)42(36-17-10-8-15-34(36)35-16-9-11-18-37(35)42)32-23-38(40-44-28(3)29(4)46(40)25-32)48-39-24-30(19-20-43-39)41(5,6)7;/h8-21,24-25H,1-7H3;/q-2;+2. The van der Waals surface area contributed by atoms with Gasteiger partial charge >= 0.3 is 21.1 Å². The molecule has 246 valence electrons. The van der Waals surface area contributed by atoms with Gasteiger partial charge in [-0.3, -0.25) is 9.67 Å². The summed E-state index contributed by atoms with van der Waals surface area (Å²) in [5.74, 6) is 1.04. The van der Waals surface area contributed by atoms with E-state index in [1.165, 1.54) is 11.1 Å². The van der Waals surface area contributed by atoms with Crippen LogP contribution in [0.3, 0.4) is 0 Å². The summed E-state index contributed by atoms with van der Waals surface area (Å²) >= 11 is 0. The fourth-order valence-corrected chi connectivity index (χ4v) is 7.21. The van der Waals surface area contributed by atoms with E-state index in [0.717, 1.165) is 56.3 Å². The smallest absolute Gasteiger partial charge is 0.462 e. The van der Waals surface area contributed by atoms with Crippen LogP contribution in [-0.4, -0.2) is 24.1 Å². The van der Waals surface area contributed by atoms with Gasteiger partial charge in [0.1, 0.15) is 0 Å². The molecule has 0 fully saturated rings. The van der Waals surface area contributed by atoms with Crippen molar-refractivity contribution in [3.8, 4) is 28.4 Å². The summed E-state index contributed by atoms with van der Waals surface area (Å²) in [5, 5.41) is 4.81. The van der Waals surface area contributed by atoms with Crippen molar-refractivity contribution in [2.24, 2.45) is 0 Å². The molecule has 4 heterocycles. The zero-order valence-corrected chi connectivity index (χ0v) is 31.0. The molecule has 0 radical (unpaired) electrons. The van der Waals surface area contributed by atoms with Gasteiger partial charge in [-0.15, -0.1) is 23.3 Å². The molecule has 4 aromatic heterocycles. The van der Waals surface area contributed by atoms with Crippen LogP contribution in [0.2, 0.25) is 0 Å². The molecule has 0 unspecified atom stereocenters. The summed E-state index contributed by atoms with van der Waals surface area (Å²) < 4.78 is 10.8. The van der Waals surface area contributed by atoms with E-state index in [1.54, 1.807) is 0 Å². The molecule has 0 bridgehead atoms. The van der Waals surface area contributed by atoms with Gasteiger partial charge in [0.15, 0.2) is 0 Å². The predicted octanol–water partition coefficient (Wildman–Crippen LogP) is 9.20. The maximum atomic E-state index is 6.69. The number of nitrogens with zero attached hydrogens (tertiary/aromatic N) is 5. The zero-order valence-electron chi connectivity index (χ0n) is 28.7. The van der Waals surface area contributed by atoms with Crippen molar-refractivity contribution >= 4 is 5.65 Å². The molecule has 0 amide bonds. The summed E-state index contributed by atoms with van der Waals surface area (Å²) in [6, 6.07) is 37.5. The number of hydrogen-bond acceptors (Lipinski definition) is 4. The molecule has 7 aromatic rings. The molecule has 0 atom stereocenters. The van der Waals surface area contributed by atoms with Crippen molar-refractivity contribution in [3.05, 3.63) is 160 Å². The second kappa shape index (κ2) is 12.0. The fraction of sp³-hybridized carbons (Fsp3) is 0.214. The SMILES string of the molecule is Cc1cc(C)n(-c2[c-]c(C3(c4[c-]c(Oc5cc(C(C)(C)C)ccn5)c5nc(C)c(C)n5c4)c4ccccc4-c4ccccc43)ccc2)n1.[Pt+2]. The summed E-state index contributed by atoms with van der Waals surface area (Å²) in [7, 11) is 0. The van der Waals surface area contributed by atoms with Crippen LogP contribution >= 0.6 is 0 Å². The van der Waals surface area contributed by atoms with E-state index in [0.29, 0.717) is 17.3 Å². The van der Waals surface area contributed by atoms with E-state index < -0.39 is 5.41 Å². The Hall–Kier alpha value is -4.80. The number of fused-ring (bicyclic) bond motifs is 4. The molecule has 7 heteroatoms. The average molecular weight is 823 g/mol. The van der Waals surface area contributed by atoms with Crippen molar-refractivity contribution in [3.63, 3.8) is 0 Å². The van der Waals surface area contributed by atoms with Crippen molar-refractivity contribution in [1.29, 1.82) is 0 Å². The van der Waals surface area contributed by atoms with Crippen LogP contribution in [-0.2, 0) is 31.9 Å². The maximum absolute atomic E-state index is 6.69. The Labute approximate surface area is 302 Å². The largest absolute Gasteiger partial charge is 2.00 e. The number of benzene rings is 3. The molecule has 0 saturated carbocycles. The van der Waals surface area contributed by atoms with Crippen LogP contribution in [0.15, 0.2) is 97.3 Å². The number of pyridine rings is 2. The van der Waals surface area contributed by atoms with Crippen LogP contribution in [0.4, 0.5) is 0 Å². The normalized spacial score (nSPS) is 13.2. The molecule has 0 saturated heterocycles. The minimum Gasteiger partial charge on any atom is -0.462 e. The Balaban J connectivity index is 0.00000378. The van der Waals surface area contributed by atoms with E-state index in [9.17, 15) is 0 Å². The molecule has 8 rings (SSSR count). The van der Waals surface area contributed by atoms with Crippen molar-refractivity contribution in [2.45, 2.75) is 59.3 Å². The number of aryl methyl sites for hydroxylation is 4. The van der Waals surface area contributed by atoms with Crippen molar-refractivity contribution < 1.29 is 25.8 Å². The van der Waals surface area contributed by atoms with Gasteiger partial charge in [0.05, 0.1) is 17.1 Å². The Morgan fingerprint density at radius 2 is 1.47 bits per heavy atom. The topological polar surface area (TPSA) is 57.2 Å². The zero-order chi connectivity index (χ0) is 33.4. The fourth-order valence-electron chi connectivity index (χ4n) is 7.21. The van der Waals surface area contributed by atoms with Crippen LogP contribution in [0, 0.1) is 39.8 Å². The quantitative estimate of drug-likeness (QED) is 0.163. The van der Waals surface area contributed by atoms with Gasteiger partial charge in [-0.25, -0.2) is 4.98 Å². The van der Waals surface area contributed by atoms with Crippen molar-refractivity contribution in [2.75, 3.05) is 0 Å². The summed E-state index contributed by atoms with van der Waals surface area (Å²) in [6.07, 6.45) is 3.99. The first-order valence-corrected chi connectivity index (χ1v) is 16.4. The second-order valence-electron chi connectivity index (χ2n) is 13.8. The molecule has 0 aliphatic heterocycles. The molecular formula is C42H37N5OPt. The summed E-state index contributed by atoms with van der Waals surface area (Å²) in [6.45, 7) is 14.8. The monoisotopic (exact) mass is 822 g/mol. The number of rotatable bonds is 5. The number of aromatic nitrogens is 5. The molecule has 1 aliphatic rings. The number of ether oxygens (including phenoxy) is 1. The summed E-state index contributed by atoms with van der Waals surface area (Å²) in [4.78, 5) is 9.58. The van der Waals surface area contributed by atoms with E-state index >= 15 is 0 Å². The first kappa shape index (κ1) is 32.7. The van der Waals surface area contributed by atoms with Gasteiger partial charge in [-0.2, -0.15) is 23.3 Å². The minimum atomic E-state index is -0.767. The third-order valence-corrected chi connectivity index (χ3v) is 9.68. The Morgan fingerprint density at radius 1 is 0.776 bits per heavy atom.